The molecule has 12 heteroatoms. The Balaban J connectivity index is 0.00000450. The van der Waals surface area contributed by atoms with Gasteiger partial charge in [0, 0.05) is 26.6 Å². The molecule has 0 aromatic carbocycles. The number of amides is 3. The van der Waals surface area contributed by atoms with Gasteiger partial charge in [0.05, 0.1) is 7.11 Å². The van der Waals surface area contributed by atoms with Gasteiger partial charge in [-0.25, -0.2) is 19.0 Å². The molecule has 0 saturated heterocycles. The van der Waals surface area contributed by atoms with Crippen molar-refractivity contribution in [3.8, 4) is 0 Å². The monoisotopic (exact) mass is 489 g/mol. The number of methoxy groups -OCH3 is 1. The molecule has 1 aromatic heterocycles. The number of nitrogens with one attached hydrogen (secondary N) is 2. The van der Waals surface area contributed by atoms with Crippen LogP contribution in [0.5, 0.6) is 0 Å². The molecule has 3 amide bonds. The number of fused-ring (bicyclic) bond motifs is 1. The number of hydrogen-bond acceptors (Lipinski definition) is 6. The fraction of sp³-hybridized carbons (Fsp3) is 0.611. The van der Waals surface area contributed by atoms with Gasteiger partial charge in [-0.3, -0.25) is 9.69 Å². The van der Waals surface area contributed by atoms with Crippen LogP contribution in [0.2, 0.25) is 0 Å². The molecule has 0 bridgehead atoms. The molecule has 1 aliphatic rings. The Morgan fingerprint density at radius 1 is 1.30 bits per heavy atom. The van der Waals surface area contributed by atoms with Gasteiger partial charge in [0.15, 0.2) is 12.2 Å². The number of alkyl carbamates (subject to hydrolysis) is 1. The molecule has 0 aliphatic carbocycles. The molecule has 1 aromatic rings. The lowest BCUT2D eigenvalue weighted by Gasteiger charge is -2.31. The highest BCUT2D eigenvalue weighted by Crippen LogP contribution is 2.18. The summed E-state index contributed by atoms with van der Waals surface area (Å²) < 4.78 is 13.0. The molecular formula is C18H28BrN5O6. The van der Waals surface area contributed by atoms with E-state index in [4.69, 9.17) is 9.47 Å². The topological polar surface area (TPSA) is 123 Å². The van der Waals surface area contributed by atoms with Crippen molar-refractivity contribution in [2.45, 2.75) is 45.4 Å². The molecule has 11 nitrogen and oxygen atoms in total. The van der Waals surface area contributed by atoms with Crippen molar-refractivity contribution >= 4 is 24.0 Å². The molecule has 2 N–H and O–H groups in total. The summed E-state index contributed by atoms with van der Waals surface area (Å²) in [6.07, 6.45) is 2.78. The first kappa shape index (κ1) is 25.4. The number of likely N-dealkylation sites (N-methyl/N-ethyl adjacent to an activating group) is 1. The largest absolute Gasteiger partial charge is 1.00 e. The summed E-state index contributed by atoms with van der Waals surface area (Å²) >= 11 is 0. The van der Waals surface area contributed by atoms with Crippen molar-refractivity contribution in [1.82, 2.24) is 20.1 Å². The van der Waals surface area contributed by atoms with Crippen LogP contribution in [0.1, 0.15) is 26.5 Å². The number of imidazole rings is 1. The van der Waals surface area contributed by atoms with Crippen molar-refractivity contribution < 1.29 is 50.2 Å². The summed E-state index contributed by atoms with van der Waals surface area (Å²) in [5, 5.41) is 5.09. The maximum Gasteiger partial charge on any atom is 0.416 e. The van der Waals surface area contributed by atoms with E-state index in [0.717, 1.165) is 0 Å². The molecule has 0 unspecified atom stereocenters. The van der Waals surface area contributed by atoms with Crippen LogP contribution in [-0.4, -0.2) is 72.4 Å². The lowest BCUT2D eigenvalue weighted by atomic mass is 10.1. The molecule has 168 valence electrons. The molecule has 0 fully saturated rings. The van der Waals surface area contributed by atoms with Crippen LogP contribution in [0, 0.1) is 0 Å². The third-order valence-corrected chi connectivity index (χ3v) is 4.22. The number of carbonyl (C=O) groups excluding carboxylic acids is 4. The number of carbonyl (C=O) groups is 4. The lowest BCUT2D eigenvalue weighted by Crippen LogP contribution is -3.00. The Kier molecular flexibility index (Phi) is 8.82. The summed E-state index contributed by atoms with van der Waals surface area (Å²) in [7, 11) is 2.78. The van der Waals surface area contributed by atoms with Crippen molar-refractivity contribution in [2.24, 2.45) is 0 Å². The fourth-order valence-electron chi connectivity index (χ4n) is 2.93. The van der Waals surface area contributed by atoms with Crippen LogP contribution >= 0.6 is 0 Å². The number of ether oxygens (including phenoxy) is 2. The van der Waals surface area contributed by atoms with Gasteiger partial charge in [-0.15, -0.1) is 4.57 Å². The van der Waals surface area contributed by atoms with Crippen LogP contribution < -0.4 is 32.2 Å². The highest BCUT2D eigenvalue weighted by molar-refractivity contribution is 5.87. The molecule has 0 saturated carbocycles. The molecule has 1 aliphatic heterocycles. The minimum absolute atomic E-state index is 0. The first-order valence-electron chi connectivity index (χ1n) is 9.22. The van der Waals surface area contributed by atoms with E-state index in [1.807, 2.05) is 0 Å². The third kappa shape index (κ3) is 6.44. The molecular weight excluding hydrogens is 462 g/mol. The van der Waals surface area contributed by atoms with Crippen molar-refractivity contribution in [1.29, 1.82) is 0 Å². The van der Waals surface area contributed by atoms with Crippen LogP contribution in [-0.2, 0) is 32.0 Å². The van der Waals surface area contributed by atoms with E-state index in [1.54, 1.807) is 31.5 Å². The Bertz CT molecular complexity index is 803. The van der Waals surface area contributed by atoms with Crippen molar-refractivity contribution in [3.63, 3.8) is 0 Å². The molecule has 2 heterocycles. The Hall–Kier alpha value is -2.63. The van der Waals surface area contributed by atoms with E-state index in [0.29, 0.717) is 5.69 Å². The summed E-state index contributed by atoms with van der Waals surface area (Å²) in [6, 6.07) is -1.27. The van der Waals surface area contributed by atoms with Gasteiger partial charge in [-0.1, -0.05) is 0 Å². The molecule has 1 atom stereocenters. The molecule has 0 spiro atoms. The minimum atomic E-state index is -0.830. The number of halogens is 1. The van der Waals surface area contributed by atoms with Crippen LogP contribution in [0.3, 0.4) is 0 Å². The first-order valence-corrected chi connectivity index (χ1v) is 9.22. The SMILES string of the molecule is CNC(=O)C[n+]1cc2n(c1)C(=O)N(CCNC(=O)OC(C)(C)C)[C@H](C(=O)OC)C2.[Br-]. The quantitative estimate of drug-likeness (QED) is 0.314. The predicted molar refractivity (Wildman–Crippen MR) is 99.9 cm³/mol. The lowest BCUT2D eigenvalue weighted by molar-refractivity contribution is -0.683. The maximum absolute atomic E-state index is 12.9. The average molecular weight is 490 g/mol. The van der Waals surface area contributed by atoms with E-state index in [-0.39, 0.29) is 48.9 Å². The van der Waals surface area contributed by atoms with Gasteiger partial charge < -0.3 is 37.1 Å². The second-order valence-corrected chi connectivity index (χ2v) is 7.60. The average Bonchev–Trinajstić information content (AvgIpc) is 3.03. The van der Waals surface area contributed by atoms with Gasteiger partial charge in [-0.2, -0.15) is 0 Å². The fourth-order valence-corrected chi connectivity index (χ4v) is 2.93. The summed E-state index contributed by atoms with van der Waals surface area (Å²) in [4.78, 5) is 49.9. The Labute approximate surface area is 185 Å². The third-order valence-electron chi connectivity index (χ3n) is 4.22. The molecule has 0 radical (unpaired) electrons. The summed E-state index contributed by atoms with van der Waals surface area (Å²) in [5.74, 6) is -0.769. The normalized spacial score (nSPS) is 15.6. The summed E-state index contributed by atoms with van der Waals surface area (Å²) in [5.41, 5.74) is -0.0523. The van der Waals surface area contributed by atoms with E-state index < -0.39 is 29.7 Å². The number of rotatable bonds is 6. The van der Waals surface area contributed by atoms with E-state index >= 15 is 0 Å². The molecule has 30 heavy (non-hydrogen) atoms. The number of nitrogens with zero attached hydrogens (tertiary/aromatic N) is 3. The van der Waals surface area contributed by atoms with Crippen LogP contribution in [0.15, 0.2) is 12.5 Å². The smallest absolute Gasteiger partial charge is 0.416 e. The zero-order valence-electron chi connectivity index (χ0n) is 17.7. The summed E-state index contributed by atoms with van der Waals surface area (Å²) in [6.45, 7) is 5.47. The van der Waals surface area contributed by atoms with Gasteiger partial charge in [0.25, 0.3) is 12.2 Å². The molecule has 2 rings (SSSR count). The highest BCUT2D eigenvalue weighted by Gasteiger charge is 2.42. The van der Waals surface area contributed by atoms with E-state index in [2.05, 4.69) is 10.6 Å². The second-order valence-electron chi connectivity index (χ2n) is 7.60. The maximum atomic E-state index is 12.9. The van der Waals surface area contributed by atoms with E-state index in [1.165, 1.54) is 30.0 Å². The number of esters is 1. The van der Waals surface area contributed by atoms with Crippen molar-refractivity contribution in [2.75, 3.05) is 27.2 Å². The van der Waals surface area contributed by atoms with Gasteiger partial charge >= 0.3 is 18.1 Å². The predicted octanol–water partition coefficient (Wildman–Crippen LogP) is -3.58. The zero-order valence-corrected chi connectivity index (χ0v) is 19.3. The van der Waals surface area contributed by atoms with Gasteiger partial charge in [0.2, 0.25) is 0 Å². The van der Waals surface area contributed by atoms with Crippen LogP contribution in [0.25, 0.3) is 0 Å². The first-order chi connectivity index (χ1) is 13.6. The van der Waals surface area contributed by atoms with Crippen molar-refractivity contribution in [3.05, 3.63) is 18.2 Å². The highest BCUT2D eigenvalue weighted by atomic mass is 79.9. The second kappa shape index (κ2) is 10.4. The Morgan fingerprint density at radius 3 is 2.53 bits per heavy atom. The van der Waals surface area contributed by atoms with Gasteiger partial charge in [0.1, 0.15) is 17.8 Å². The zero-order chi connectivity index (χ0) is 21.8. The minimum Gasteiger partial charge on any atom is -1.00 e. The van der Waals surface area contributed by atoms with Gasteiger partial charge in [-0.05, 0) is 20.8 Å². The number of aromatic nitrogens is 2. The van der Waals surface area contributed by atoms with E-state index in [9.17, 15) is 19.2 Å². The number of hydrogen-bond donors (Lipinski definition) is 2. The standard InChI is InChI=1S/C18H27N5O6.BrH/c1-18(2,3)29-16(26)20-6-7-22-13(15(25)28-5)8-12-9-21(10-14(24)19-4)11-23(12)17(22)27;/h9,11,13H,6-8,10H2,1-5H3,(H-,19,20,24,26);1H/t13-;/m0./s1. The Morgan fingerprint density at radius 2 is 1.97 bits per heavy atom. The van der Waals surface area contributed by atoms with Crippen LogP contribution in [0.4, 0.5) is 9.59 Å².